The second kappa shape index (κ2) is 10.7. The van der Waals surface area contributed by atoms with Crippen molar-refractivity contribution in [1.29, 1.82) is 0 Å². The van der Waals surface area contributed by atoms with Gasteiger partial charge >= 0.3 is 0 Å². The molecule has 1 amide bonds. The van der Waals surface area contributed by atoms with Crippen molar-refractivity contribution in [2.45, 2.75) is 31.8 Å². The number of hydrogen-bond donors (Lipinski definition) is 1. The van der Waals surface area contributed by atoms with E-state index >= 15 is 0 Å². The summed E-state index contributed by atoms with van der Waals surface area (Å²) in [7, 11) is 1.72. The number of methoxy groups -OCH3 is 1. The number of ether oxygens (including phenoxy) is 1. The Morgan fingerprint density at radius 2 is 2.17 bits per heavy atom. The fourth-order valence-corrected chi connectivity index (χ4v) is 3.68. The van der Waals surface area contributed by atoms with E-state index in [1.165, 1.54) is 5.56 Å². The quantitative estimate of drug-likeness (QED) is 0.704. The molecule has 1 aromatic rings. The summed E-state index contributed by atoms with van der Waals surface area (Å²) in [4.78, 5) is 14.7. The van der Waals surface area contributed by atoms with E-state index in [0.717, 1.165) is 44.0 Å². The van der Waals surface area contributed by atoms with Gasteiger partial charge in [-0.1, -0.05) is 30.3 Å². The summed E-state index contributed by atoms with van der Waals surface area (Å²) in [5.41, 5.74) is 1.19. The topological polar surface area (TPSA) is 41.6 Å². The van der Waals surface area contributed by atoms with E-state index in [1.54, 1.807) is 7.11 Å². The molecule has 1 aromatic carbocycles. The van der Waals surface area contributed by atoms with Gasteiger partial charge in [0, 0.05) is 57.3 Å². The van der Waals surface area contributed by atoms with E-state index in [9.17, 15) is 4.79 Å². The molecule has 1 heterocycles. The monoisotopic (exact) mass is 336 g/mol. The second-order valence-electron chi connectivity index (χ2n) is 5.93. The number of carbonyl (C=O) groups excluding carboxylic acids is 1. The van der Waals surface area contributed by atoms with E-state index in [-0.39, 0.29) is 5.91 Å². The molecular weight excluding hydrogens is 308 g/mol. The lowest BCUT2D eigenvalue weighted by molar-refractivity contribution is -0.132. The lowest BCUT2D eigenvalue weighted by Crippen LogP contribution is -2.42. The Labute approximate surface area is 144 Å². The van der Waals surface area contributed by atoms with Crippen LogP contribution in [0.15, 0.2) is 30.3 Å². The van der Waals surface area contributed by atoms with Crippen molar-refractivity contribution in [3.63, 3.8) is 0 Å². The number of unbranched alkanes of at least 4 members (excludes halogenated alkanes) is 1. The molecule has 0 bridgehead atoms. The van der Waals surface area contributed by atoms with Crippen LogP contribution in [0, 0.1) is 0 Å². The Bertz CT molecular complexity index is 450. The van der Waals surface area contributed by atoms with Crippen molar-refractivity contribution >= 4 is 17.7 Å². The van der Waals surface area contributed by atoms with Crippen LogP contribution in [0.4, 0.5) is 0 Å². The van der Waals surface area contributed by atoms with Crippen molar-refractivity contribution in [2.75, 3.05) is 38.3 Å². The van der Waals surface area contributed by atoms with E-state index in [0.29, 0.717) is 19.0 Å². The summed E-state index contributed by atoms with van der Waals surface area (Å²) < 4.78 is 5.11. The van der Waals surface area contributed by atoms with Crippen LogP contribution >= 0.6 is 11.8 Å². The molecule has 1 fully saturated rings. The summed E-state index contributed by atoms with van der Waals surface area (Å²) in [6.45, 7) is 3.27. The predicted octanol–water partition coefficient (Wildman–Crippen LogP) is 2.54. The van der Waals surface area contributed by atoms with Crippen molar-refractivity contribution in [3.8, 4) is 0 Å². The number of rotatable bonds is 9. The Kier molecular flexibility index (Phi) is 8.50. The molecule has 0 saturated carbocycles. The van der Waals surface area contributed by atoms with E-state index < -0.39 is 0 Å². The molecule has 0 aromatic heterocycles. The highest BCUT2D eigenvalue weighted by Crippen LogP contribution is 2.14. The predicted molar refractivity (Wildman–Crippen MR) is 96.7 cm³/mol. The van der Waals surface area contributed by atoms with Gasteiger partial charge in [0.15, 0.2) is 0 Å². The van der Waals surface area contributed by atoms with Gasteiger partial charge in [-0.15, -0.1) is 0 Å². The maximum atomic E-state index is 12.7. The highest BCUT2D eigenvalue weighted by Gasteiger charge is 2.21. The molecule has 128 valence electrons. The van der Waals surface area contributed by atoms with Gasteiger partial charge in [0.25, 0.3) is 0 Å². The minimum absolute atomic E-state index is 0.256. The van der Waals surface area contributed by atoms with E-state index in [4.69, 9.17) is 4.74 Å². The van der Waals surface area contributed by atoms with Crippen LogP contribution in [0.3, 0.4) is 0 Å². The van der Waals surface area contributed by atoms with Crippen molar-refractivity contribution in [1.82, 2.24) is 10.2 Å². The maximum absolute atomic E-state index is 12.7. The van der Waals surface area contributed by atoms with Crippen LogP contribution < -0.4 is 5.32 Å². The average Bonchev–Trinajstić information content (AvgIpc) is 2.59. The fraction of sp³-hybridized carbons (Fsp3) is 0.611. The standard InChI is InChI=1S/C18H28N2O2S/c1-22-11-6-5-10-20(14-16-7-3-2-4-8-16)18(21)13-17-15-23-12-9-19-17/h2-4,7-8,17,19H,5-6,9-15H2,1H3. The minimum Gasteiger partial charge on any atom is -0.385 e. The van der Waals surface area contributed by atoms with Crippen molar-refractivity contribution in [2.24, 2.45) is 0 Å². The molecule has 1 saturated heterocycles. The molecular formula is C18H28N2O2S. The highest BCUT2D eigenvalue weighted by atomic mass is 32.2. The number of hydrogen-bond acceptors (Lipinski definition) is 4. The fourth-order valence-electron chi connectivity index (χ4n) is 2.74. The SMILES string of the molecule is COCCCCN(Cc1ccccc1)C(=O)CC1CSCCN1. The molecule has 1 aliphatic rings. The van der Waals surface area contributed by atoms with E-state index in [1.807, 2.05) is 34.9 Å². The first kappa shape index (κ1) is 18.3. The first-order chi connectivity index (χ1) is 11.3. The zero-order chi connectivity index (χ0) is 16.3. The van der Waals surface area contributed by atoms with Crippen molar-refractivity contribution < 1.29 is 9.53 Å². The summed E-state index contributed by atoms with van der Waals surface area (Å²) in [5, 5.41) is 3.46. The molecule has 0 radical (unpaired) electrons. The minimum atomic E-state index is 0.256. The smallest absolute Gasteiger partial charge is 0.224 e. The molecule has 4 nitrogen and oxygen atoms in total. The van der Waals surface area contributed by atoms with E-state index in [2.05, 4.69) is 17.4 Å². The Morgan fingerprint density at radius 3 is 2.87 bits per heavy atom. The van der Waals surface area contributed by atoms with Crippen LogP contribution in [-0.2, 0) is 16.1 Å². The molecule has 1 N–H and O–H groups in total. The number of carbonyl (C=O) groups is 1. The summed E-state index contributed by atoms with van der Waals surface area (Å²) in [6.07, 6.45) is 2.58. The molecule has 0 aliphatic carbocycles. The Morgan fingerprint density at radius 1 is 1.35 bits per heavy atom. The van der Waals surface area contributed by atoms with Crippen LogP contribution in [0.25, 0.3) is 0 Å². The van der Waals surface area contributed by atoms with Gasteiger partial charge in [-0.05, 0) is 18.4 Å². The average molecular weight is 337 g/mol. The lowest BCUT2D eigenvalue weighted by Gasteiger charge is -2.27. The van der Waals surface area contributed by atoms with Gasteiger partial charge in [0.1, 0.15) is 0 Å². The molecule has 23 heavy (non-hydrogen) atoms. The molecule has 5 heteroatoms. The number of nitrogens with one attached hydrogen (secondary N) is 1. The van der Waals surface area contributed by atoms with Gasteiger partial charge in [-0.25, -0.2) is 0 Å². The molecule has 1 unspecified atom stereocenters. The number of nitrogens with zero attached hydrogens (tertiary/aromatic N) is 1. The molecule has 2 rings (SSSR count). The third-order valence-electron chi connectivity index (χ3n) is 4.01. The molecule has 1 atom stereocenters. The summed E-state index contributed by atoms with van der Waals surface area (Å²) in [6, 6.07) is 10.6. The maximum Gasteiger partial charge on any atom is 0.224 e. The number of amides is 1. The lowest BCUT2D eigenvalue weighted by atomic mass is 10.1. The number of thioether (sulfide) groups is 1. The van der Waals surface area contributed by atoms with Crippen LogP contribution in [-0.4, -0.2) is 55.2 Å². The Hall–Kier alpha value is -1.04. The van der Waals surface area contributed by atoms with Gasteiger partial charge in [-0.2, -0.15) is 11.8 Å². The Balaban J connectivity index is 1.89. The zero-order valence-corrected chi connectivity index (χ0v) is 14.8. The third-order valence-corrected chi connectivity index (χ3v) is 5.15. The van der Waals surface area contributed by atoms with Gasteiger partial charge < -0.3 is 15.0 Å². The molecule has 0 spiro atoms. The molecule has 1 aliphatic heterocycles. The summed E-state index contributed by atoms with van der Waals surface area (Å²) in [5.74, 6) is 2.44. The second-order valence-corrected chi connectivity index (χ2v) is 7.08. The van der Waals surface area contributed by atoms with Gasteiger partial charge in [0.05, 0.1) is 0 Å². The zero-order valence-electron chi connectivity index (χ0n) is 14.0. The normalized spacial score (nSPS) is 17.9. The van der Waals surface area contributed by atoms with Crippen LogP contribution in [0.1, 0.15) is 24.8 Å². The third kappa shape index (κ3) is 6.94. The van der Waals surface area contributed by atoms with Crippen LogP contribution in [0.2, 0.25) is 0 Å². The van der Waals surface area contributed by atoms with Gasteiger partial charge in [0.2, 0.25) is 5.91 Å². The largest absolute Gasteiger partial charge is 0.385 e. The number of benzene rings is 1. The first-order valence-corrected chi connectivity index (χ1v) is 9.57. The first-order valence-electron chi connectivity index (χ1n) is 8.41. The highest BCUT2D eigenvalue weighted by molar-refractivity contribution is 7.99. The van der Waals surface area contributed by atoms with Crippen molar-refractivity contribution in [3.05, 3.63) is 35.9 Å². The van der Waals surface area contributed by atoms with Crippen LogP contribution in [0.5, 0.6) is 0 Å². The van der Waals surface area contributed by atoms with Gasteiger partial charge in [-0.3, -0.25) is 4.79 Å². The summed E-state index contributed by atoms with van der Waals surface area (Å²) >= 11 is 1.94.